The number of hydrogen-bond acceptors (Lipinski definition) is 3. The summed E-state index contributed by atoms with van der Waals surface area (Å²) in [6, 6.07) is 2.36. The summed E-state index contributed by atoms with van der Waals surface area (Å²) in [6.07, 6.45) is -2.40. The highest BCUT2D eigenvalue weighted by Crippen LogP contribution is 2.36. The van der Waals surface area contributed by atoms with Crippen molar-refractivity contribution in [3.63, 3.8) is 0 Å². The number of benzene rings is 1. The van der Waals surface area contributed by atoms with Crippen LogP contribution in [0.4, 0.5) is 13.2 Å². The van der Waals surface area contributed by atoms with Crippen LogP contribution in [0, 0.1) is 0 Å². The van der Waals surface area contributed by atoms with Crippen molar-refractivity contribution < 1.29 is 21.6 Å². The highest BCUT2D eigenvalue weighted by Gasteiger charge is 2.35. The second-order valence-corrected chi connectivity index (χ2v) is 8.00. The minimum atomic E-state index is -4.70. The van der Waals surface area contributed by atoms with Gasteiger partial charge in [0.05, 0.1) is 15.5 Å². The number of alkyl halides is 3. The van der Waals surface area contributed by atoms with E-state index in [0.717, 1.165) is 38.2 Å². The van der Waals surface area contributed by atoms with Crippen LogP contribution in [-0.4, -0.2) is 39.0 Å². The largest absolute Gasteiger partial charge is 0.417 e. The summed E-state index contributed by atoms with van der Waals surface area (Å²) < 4.78 is 65.9. The zero-order valence-corrected chi connectivity index (χ0v) is 16.0. The van der Waals surface area contributed by atoms with Gasteiger partial charge < -0.3 is 4.90 Å². The molecule has 0 aromatic heterocycles. The molecule has 2 rings (SSSR count). The van der Waals surface area contributed by atoms with Crippen LogP contribution in [-0.2, 0) is 16.2 Å². The van der Waals surface area contributed by atoms with Gasteiger partial charge in [-0.15, -0.1) is 12.4 Å². The number of piperidine rings is 1. The average molecular weight is 421 g/mol. The first kappa shape index (κ1) is 22.5. The van der Waals surface area contributed by atoms with Crippen molar-refractivity contribution in [3.05, 3.63) is 28.8 Å². The Morgan fingerprint density at radius 1 is 1.28 bits per heavy atom. The van der Waals surface area contributed by atoms with Crippen molar-refractivity contribution in [2.24, 2.45) is 0 Å². The molecular weight excluding hydrogens is 400 g/mol. The van der Waals surface area contributed by atoms with E-state index in [1.807, 2.05) is 0 Å². The number of rotatable bonds is 5. The van der Waals surface area contributed by atoms with Gasteiger partial charge in [0.2, 0.25) is 10.0 Å². The van der Waals surface area contributed by atoms with Crippen molar-refractivity contribution >= 4 is 34.0 Å². The van der Waals surface area contributed by atoms with E-state index in [9.17, 15) is 21.6 Å². The lowest BCUT2D eigenvalue weighted by molar-refractivity contribution is -0.137. The monoisotopic (exact) mass is 420 g/mol. The van der Waals surface area contributed by atoms with Gasteiger partial charge in [-0.3, -0.25) is 0 Å². The van der Waals surface area contributed by atoms with E-state index in [2.05, 4.69) is 16.5 Å². The number of likely N-dealkylation sites (tertiary alicyclic amines) is 1. The Balaban J connectivity index is 0.00000312. The summed E-state index contributed by atoms with van der Waals surface area (Å²) in [6.45, 7) is 4.59. The molecule has 0 atom stereocenters. The topological polar surface area (TPSA) is 49.4 Å². The lowest BCUT2D eigenvalue weighted by atomic mass is 10.1. The molecule has 0 unspecified atom stereocenters. The summed E-state index contributed by atoms with van der Waals surface area (Å²) in [5, 5.41) is -0.519. The molecule has 144 valence electrons. The molecule has 1 aromatic carbocycles. The molecule has 0 aliphatic carbocycles. The van der Waals surface area contributed by atoms with E-state index in [4.69, 9.17) is 11.6 Å². The average Bonchev–Trinajstić information content (AvgIpc) is 2.48. The molecule has 10 heteroatoms. The Morgan fingerprint density at radius 3 is 2.40 bits per heavy atom. The summed E-state index contributed by atoms with van der Waals surface area (Å²) in [4.78, 5) is 1.82. The Morgan fingerprint density at radius 2 is 1.88 bits per heavy atom. The fourth-order valence-electron chi connectivity index (χ4n) is 2.77. The summed E-state index contributed by atoms with van der Waals surface area (Å²) in [7, 11) is -4.02. The van der Waals surface area contributed by atoms with Gasteiger partial charge in [-0.1, -0.05) is 18.5 Å². The number of sulfonamides is 1. The van der Waals surface area contributed by atoms with Crippen molar-refractivity contribution in [2.75, 3.05) is 19.6 Å². The van der Waals surface area contributed by atoms with Gasteiger partial charge >= 0.3 is 6.18 Å². The third-order valence-electron chi connectivity index (χ3n) is 4.00. The first-order valence-corrected chi connectivity index (χ1v) is 9.61. The van der Waals surface area contributed by atoms with Gasteiger partial charge in [0, 0.05) is 6.04 Å². The van der Waals surface area contributed by atoms with Gasteiger partial charge in [-0.2, -0.15) is 13.2 Å². The van der Waals surface area contributed by atoms with Crippen molar-refractivity contribution in [2.45, 2.75) is 43.3 Å². The fourth-order valence-corrected chi connectivity index (χ4v) is 4.32. The van der Waals surface area contributed by atoms with E-state index in [0.29, 0.717) is 18.9 Å². The first-order valence-electron chi connectivity index (χ1n) is 7.75. The van der Waals surface area contributed by atoms with E-state index in [-0.39, 0.29) is 18.4 Å². The molecule has 1 aliphatic heterocycles. The molecule has 0 saturated carbocycles. The fraction of sp³-hybridized carbons (Fsp3) is 0.600. The van der Waals surface area contributed by atoms with Crippen molar-refractivity contribution in [1.29, 1.82) is 0 Å². The number of nitrogens with zero attached hydrogens (tertiary/aromatic N) is 1. The SMILES string of the molecule is CCCN1CCC(NS(=O)(=O)c2ccc(Cl)c(C(F)(F)F)c2)CC1.Cl. The highest BCUT2D eigenvalue weighted by atomic mass is 35.5. The molecule has 1 fully saturated rings. The van der Waals surface area contributed by atoms with Crippen LogP contribution >= 0.6 is 24.0 Å². The zero-order chi connectivity index (χ0) is 18.0. The van der Waals surface area contributed by atoms with Crippen LogP contribution < -0.4 is 4.72 Å². The smallest absolute Gasteiger partial charge is 0.303 e. The lowest BCUT2D eigenvalue weighted by Gasteiger charge is -2.31. The molecule has 0 amide bonds. The van der Waals surface area contributed by atoms with Gasteiger partial charge in [-0.25, -0.2) is 13.1 Å². The Bertz CT molecular complexity index is 676. The lowest BCUT2D eigenvalue weighted by Crippen LogP contribution is -2.44. The Labute approximate surface area is 157 Å². The minimum absolute atomic E-state index is 0. The van der Waals surface area contributed by atoms with E-state index in [1.165, 1.54) is 0 Å². The van der Waals surface area contributed by atoms with Crippen LogP contribution in [0.1, 0.15) is 31.7 Å². The normalized spacial score (nSPS) is 17.3. The van der Waals surface area contributed by atoms with Gasteiger partial charge in [0.15, 0.2) is 0 Å². The third kappa shape index (κ3) is 5.99. The van der Waals surface area contributed by atoms with Crippen LogP contribution in [0.3, 0.4) is 0 Å². The van der Waals surface area contributed by atoms with Crippen molar-refractivity contribution in [1.82, 2.24) is 9.62 Å². The van der Waals surface area contributed by atoms with Crippen LogP contribution in [0.2, 0.25) is 5.02 Å². The molecule has 0 bridgehead atoms. The number of halogens is 5. The molecule has 1 saturated heterocycles. The number of hydrogen-bond donors (Lipinski definition) is 1. The molecular formula is C15H21Cl2F3N2O2S. The van der Waals surface area contributed by atoms with E-state index >= 15 is 0 Å². The van der Waals surface area contributed by atoms with Crippen LogP contribution in [0.25, 0.3) is 0 Å². The summed E-state index contributed by atoms with van der Waals surface area (Å²) >= 11 is 5.53. The molecule has 1 N–H and O–H groups in total. The second kappa shape index (κ2) is 8.90. The standard InChI is InChI=1S/C15H20ClF3N2O2S.ClH/c1-2-7-21-8-5-11(6-9-21)20-24(22,23)12-3-4-14(16)13(10-12)15(17,18)19;/h3-4,10-11,20H,2,5-9H2,1H3;1H. The quantitative estimate of drug-likeness (QED) is 0.784. The number of nitrogens with one attached hydrogen (secondary N) is 1. The minimum Gasteiger partial charge on any atom is -0.303 e. The first-order chi connectivity index (χ1) is 11.1. The van der Waals surface area contributed by atoms with Gasteiger partial charge in [0.1, 0.15) is 0 Å². The maximum atomic E-state index is 12.9. The second-order valence-electron chi connectivity index (χ2n) is 5.88. The molecule has 0 radical (unpaired) electrons. The molecule has 1 aromatic rings. The maximum absolute atomic E-state index is 12.9. The predicted octanol–water partition coefficient (Wildman–Crippen LogP) is 3.93. The van der Waals surface area contributed by atoms with Gasteiger partial charge in [0.25, 0.3) is 0 Å². The molecule has 1 heterocycles. The maximum Gasteiger partial charge on any atom is 0.417 e. The van der Waals surface area contributed by atoms with E-state index in [1.54, 1.807) is 0 Å². The van der Waals surface area contributed by atoms with Crippen molar-refractivity contribution in [3.8, 4) is 0 Å². The summed E-state index contributed by atoms with van der Waals surface area (Å²) in [5.74, 6) is 0. The summed E-state index contributed by atoms with van der Waals surface area (Å²) in [5.41, 5.74) is -1.15. The molecule has 0 spiro atoms. The molecule has 25 heavy (non-hydrogen) atoms. The Hall–Kier alpha value is -0.540. The van der Waals surface area contributed by atoms with Gasteiger partial charge in [-0.05, 0) is 57.1 Å². The molecule has 4 nitrogen and oxygen atoms in total. The Kier molecular flexibility index (Phi) is 8.01. The predicted molar refractivity (Wildman–Crippen MR) is 93.8 cm³/mol. The highest BCUT2D eigenvalue weighted by molar-refractivity contribution is 7.89. The molecule has 1 aliphatic rings. The van der Waals surface area contributed by atoms with E-state index < -0.39 is 31.7 Å². The third-order valence-corrected chi connectivity index (χ3v) is 5.85. The van der Waals surface area contributed by atoms with Crippen LogP contribution in [0.15, 0.2) is 23.1 Å². The zero-order valence-electron chi connectivity index (χ0n) is 13.6. The van der Waals surface area contributed by atoms with Crippen LogP contribution in [0.5, 0.6) is 0 Å².